The molecular formula is C14H22N4O3. The molecule has 116 valence electrons. The van der Waals surface area contributed by atoms with E-state index in [0.29, 0.717) is 31.0 Å². The van der Waals surface area contributed by atoms with Gasteiger partial charge in [-0.25, -0.2) is 0 Å². The number of hydrogen-bond acceptors (Lipinski definition) is 5. The molecule has 7 heteroatoms. The number of anilines is 2. The third kappa shape index (κ3) is 4.34. The summed E-state index contributed by atoms with van der Waals surface area (Å²) in [6.07, 6.45) is 0. The predicted molar refractivity (Wildman–Crippen MR) is 83.8 cm³/mol. The number of likely N-dealkylation sites (N-methyl/N-ethyl adjacent to an activating group) is 2. The van der Waals surface area contributed by atoms with Gasteiger partial charge >= 0.3 is 5.69 Å². The van der Waals surface area contributed by atoms with Crippen LogP contribution in [0.3, 0.4) is 0 Å². The van der Waals surface area contributed by atoms with E-state index in [1.165, 1.54) is 0 Å². The zero-order valence-electron chi connectivity index (χ0n) is 12.7. The van der Waals surface area contributed by atoms with Crippen LogP contribution in [0.2, 0.25) is 0 Å². The molecule has 0 aliphatic heterocycles. The van der Waals surface area contributed by atoms with Crippen molar-refractivity contribution in [2.75, 3.05) is 36.4 Å². The van der Waals surface area contributed by atoms with E-state index in [2.05, 4.69) is 10.6 Å². The minimum Gasteiger partial charge on any atom is -0.380 e. The van der Waals surface area contributed by atoms with Gasteiger partial charge in [0.05, 0.1) is 11.5 Å². The highest BCUT2D eigenvalue weighted by atomic mass is 16.6. The third-order valence-electron chi connectivity index (χ3n) is 3.00. The summed E-state index contributed by atoms with van der Waals surface area (Å²) >= 11 is 0. The van der Waals surface area contributed by atoms with Gasteiger partial charge in [0.1, 0.15) is 11.4 Å². The lowest BCUT2D eigenvalue weighted by Crippen LogP contribution is -2.37. The van der Waals surface area contributed by atoms with E-state index in [0.717, 1.165) is 0 Å². The molecule has 0 heterocycles. The van der Waals surface area contributed by atoms with Crippen LogP contribution in [-0.4, -0.2) is 37.0 Å². The van der Waals surface area contributed by atoms with Gasteiger partial charge < -0.3 is 15.5 Å². The van der Waals surface area contributed by atoms with E-state index in [1.54, 1.807) is 23.1 Å². The van der Waals surface area contributed by atoms with Gasteiger partial charge in [-0.3, -0.25) is 14.9 Å². The van der Waals surface area contributed by atoms with Gasteiger partial charge in [-0.15, -0.1) is 0 Å². The first-order valence-electron chi connectivity index (χ1n) is 7.07. The lowest BCUT2D eigenvalue weighted by Gasteiger charge is -2.23. The number of carbonyl (C=O) groups is 1. The second-order valence-electron chi connectivity index (χ2n) is 4.43. The maximum absolute atomic E-state index is 11.7. The molecule has 0 saturated carbocycles. The van der Waals surface area contributed by atoms with Gasteiger partial charge in [0.15, 0.2) is 0 Å². The molecule has 0 saturated heterocycles. The summed E-state index contributed by atoms with van der Waals surface area (Å²) in [5.41, 5.74) is 0.923. The Morgan fingerprint density at radius 3 is 2.52 bits per heavy atom. The Bertz CT molecular complexity index is 505. The fourth-order valence-electron chi connectivity index (χ4n) is 2.11. The number of rotatable bonds is 8. The largest absolute Gasteiger partial charge is 0.380 e. The molecule has 0 spiro atoms. The number of nitrogens with one attached hydrogen (secondary N) is 2. The number of nitro groups is 1. The van der Waals surface area contributed by atoms with Crippen LogP contribution in [0, 0.1) is 10.1 Å². The smallest absolute Gasteiger partial charge is 0.315 e. The minimum absolute atomic E-state index is 0.00509. The van der Waals surface area contributed by atoms with Gasteiger partial charge in [0.2, 0.25) is 5.91 Å². The highest BCUT2D eigenvalue weighted by molar-refractivity contribution is 5.84. The van der Waals surface area contributed by atoms with Crippen molar-refractivity contribution in [3.8, 4) is 0 Å². The van der Waals surface area contributed by atoms with Crippen LogP contribution in [-0.2, 0) is 4.79 Å². The van der Waals surface area contributed by atoms with E-state index in [1.807, 2.05) is 20.8 Å². The zero-order valence-corrected chi connectivity index (χ0v) is 12.7. The van der Waals surface area contributed by atoms with Crippen molar-refractivity contribution < 1.29 is 9.72 Å². The van der Waals surface area contributed by atoms with Crippen LogP contribution in [0.4, 0.5) is 17.1 Å². The van der Waals surface area contributed by atoms with Gasteiger partial charge in [-0.2, -0.15) is 0 Å². The number of para-hydroxylation sites is 1. The summed E-state index contributed by atoms with van der Waals surface area (Å²) in [5.74, 6) is -0.150. The third-order valence-corrected chi connectivity index (χ3v) is 3.00. The van der Waals surface area contributed by atoms with Crippen molar-refractivity contribution in [3.63, 3.8) is 0 Å². The van der Waals surface area contributed by atoms with Crippen molar-refractivity contribution in [2.24, 2.45) is 0 Å². The van der Waals surface area contributed by atoms with Crippen molar-refractivity contribution in [3.05, 3.63) is 28.3 Å². The van der Waals surface area contributed by atoms with Crippen molar-refractivity contribution >= 4 is 23.0 Å². The topological polar surface area (TPSA) is 87.5 Å². The number of nitrogens with zero attached hydrogens (tertiary/aromatic N) is 2. The number of carbonyl (C=O) groups excluding carboxylic acids is 1. The second kappa shape index (κ2) is 8.08. The molecule has 0 fully saturated rings. The Hall–Kier alpha value is -2.31. The monoisotopic (exact) mass is 294 g/mol. The number of nitro benzene ring substituents is 1. The molecule has 1 aromatic rings. The summed E-state index contributed by atoms with van der Waals surface area (Å²) in [4.78, 5) is 24.4. The molecule has 7 nitrogen and oxygen atoms in total. The van der Waals surface area contributed by atoms with E-state index >= 15 is 0 Å². The van der Waals surface area contributed by atoms with Crippen LogP contribution in [0.1, 0.15) is 20.8 Å². The van der Waals surface area contributed by atoms with Crippen LogP contribution >= 0.6 is 0 Å². The van der Waals surface area contributed by atoms with Crippen molar-refractivity contribution in [1.82, 2.24) is 5.32 Å². The first-order chi connectivity index (χ1) is 10.0. The average Bonchev–Trinajstić information content (AvgIpc) is 2.45. The Kier molecular flexibility index (Phi) is 6.45. The summed E-state index contributed by atoms with van der Waals surface area (Å²) in [5, 5.41) is 17.1. The van der Waals surface area contributed by atoms with Gasteiger partial charge in [0.25, 0.3) is 0 Å². The molecular weight excluding hydrogens is 272 g/mol. The predicted octanol–water partition coefficient (Wildman–Crippen LogP) is 1.99. The minimum atomic E-state index is -0.409. The van der Waals surface area contributed by atoms with Crippen molar-refractivity contribution in [1.29, 1.82) is 0 Å². The van der Waals surface area contributed by atoms with E-state index in [-0.39, 0.29) is 18.1 Å². The molecule has 2 N–H and O–H groups in total. The molecule has 0 atom stereocenters. The molecule has 0 aliphatic rings. The van der Waals surface area contributed by atoms with E-state index in [4.69, 9.17) is 0 Å². The van der Waals surface area contributed by atoms with Crippen LogP contribution in [0.5, 0.6) is 0 Å². The Labute approximate surface area is 124 Å². The highest BCUT2D eigenvalue weighted by Gasteiger charge is 2.24. The molecule has 0 bridgehead atoms. The van der Waals surface area contributed by atoms with Crippen LogP contribution in [0.25, 0.3) is 0 Å². The van der Waals surface area contributed by atoms with E-state index < -0.39 is 4.92 Å². The second-order valence-corrected chi connectivity index (χ2v) is 4.43. The summed E-state index contributed by atoms with van der Waals surface area (Å²) in [7, 11) is 0. The normalized spacial score (nSPS) is 10.0. The molecule has 0 unspecified atom stereocenters. The SMILES string of the molecule is CCNC(=O)CN(CC)c1cccc(NCC)c1[N+](=O)[O-]. The lowest BCUT2D eigenvalue weighted by molar-refractivity contribution is -0.383. The average molecular weight is 294 g/mol. The molecule has 1 rings (SSSR count). The van der Waals surface area contributed by atoms with Crippen LogP contribution < -0.4 is 15.5 Å². The number of amides is 1. The summed E-state index contributed by atoms with van der Waals surface area (Å²) in [6, 6.07) is 5.09. The molecule has 0 radical (unpaired) electrons. The highest BCUT2D eigenvalue weighted by Crippen LogP contribution is 2.35. The molecule has 1 amide bonds. The summed E-state index contributed by atoms with van der Waals surface area (Å²) in [6.45, 7) is 7.31. The lowest BCUT2D eigenvalue weighted by atomic mass is 10.2. The number of benzene rings is 1. The standard InChI is InChI=1S/C14H22N4O3/c1-4-15-11-8-7-9-12(14(11)18(20)21)17(6-3)10-13(19)16-5-2/h7-9,15H,4-6,10H2,1-3H3,(H,16,19). The Morgan fingerprint density at radius 2 is 2.00 bits per heavy atom. The maximum Gasteiger partial charge on any atom is 0.315 e. The van der Waals surface area contributed by atoms with Gasteiger partial charge in [-0.05, 0) is 32.9 Å². The van der Waals surface area contributed by atoms with Crippen molar-refractivity contribution in [2.45, 2.75) is 20.8 Å². The Balaban J connectivity index is 3.16. The van der Waals surface area contributed by atoms with Crippen LogP contribution in [0.15, 0.2) is 18.2 Å². The number of hydrogen-bond donors (Lipinski definition) is 2. The molecule has 0 aliphatic carbocycles. The quantitative estimate of drug-likeness (QED) is 0.565. The molecule has 1 aromatic carbocycles. The first kappa shape index (κ1) is 16.7. The zero-order chi connectivity index (χ0) is 15.8. The van der Waals surface area contributed by atoms with Gasteiger partial charge in [-0.1, -0.05) is 6.07 Å². The van der Waals surface area contributed by atoms with Gasteiger partial charge in [0, 0.05) is 19.6 Å². The molecule has 0 aromatic heterocycles. The molecule has 21 heavy (non-hydrogen) atoms. The van der Waals surface area contributed by atoms with E-state index in [9.17, 15) is 14.9 Å². The fraction of sp³-hybridized carbons (Fsp3) is 0.500. The maximum atomic E-state index is 11.7. The fourth-order valence-corrected chi connectivity index (χ4v) is 2.11. The first-order valence-corrected chi connectivity index (χ1v) is 7.07. The Morgan fingerprint density at radius 1 is 1.29 bits per heavy atom. The summed E-state index contributed by atoms with van der Waals surface area (Å²) < 4.78 is 0.